The molecule has 2 aliphatic rings. The molecule has 0 saturated carbocycles. The van der Waals surface area contributed by atoms with Crippen LogP contribution in [0.1, 0.15) is 17.0 Å². The number of hydrogen-bond acceptors (Lipinski definition) is 5. The van der Waals surface area contributed by atoms with Crippen molar-refractivity contribution in [3.8, 4) is 6.07 Å². The first-order valence-corrected chi connectivity index (χ1v) is 12.2. The molecule has 2 aliphatic heterocycles. The number of aromatic nitrogens is 2. The van der Waals surface area contributed by atoms with Crippen molar-refractivity contribution >= 4 is 71.1 Å². The van der Waals surface area contributed by atoms with Gasteiger partial charge < -0.3 is 10.2 Å². The molecule has 198 valence electrons. The summed E-state index contributed by atoms with van der Waals surface area (Å²) in [7, 11) is 0. The number of nitrogens with one attached hydrogen (secondary N) is 2. The second-order valence-corrected chi connectivity index (χ2v) is 9.45. The van der Waals surface area contributed by atoms with Crippen molar-refractivity contribution < 1.29 is 0 Å². The first-order chi connectivity index (χ1) is 17.2. The number of nitrogens with zero attached hydrogens (tertiary/aromatic N) is 4. The van der Waals surface area contributed by atoms with Crippen LogP contribution in [0.5, 0.6) is 0 Å². The molecule has 1 fully saturated rings. The summed E-state index contributed by atoms with van der Waals surface area (Å²) in [6, 6.07) is 25.3. The van der Waals surface area contributed by atoms with Crippen LogP contribution in [0.15, 0.2) is 84.2 Å². The van der Waals surface area contributed by atoms with Gasteiger partial charge in [0.15, 0.2) is 0 Å². The van der Waals surface area contributed by atoms with Gasteiger partial charge in [0, 0.05) is 60.1 Å². The predicted molar refractivity (Wildman–Crippen MR) is 162 cm³/mol. The van der Waals surface area contributed by atoms with Crippen molar-refractivity contribution in [1.82, 2.24) is 15.1 Å². The Morgan fingerprint density at radius 3 is 2.37 bits per heavy atom. The largest absolute Gasteiger partial charge is 0.368 e. The lowest BCUT2D eigenvalue weighted by Gasteiger charge is -2.38. The summed E-state index contributed by atoms with van der Waals surface area (Å²) in [5, 5.41) is 24.2. The molecule has 1 saturated heterocycles. The fourth-order valence-electron chi connectivity index (χ4n) is 5.31. The molecular weight excluding hydrogens is 562 g/mol. The van der Waals surface area contributed by atoms with Gasteiger partial charge >= 0.3 is 0 Å². The second-order valence-electron chi connectivity index (χ2n) is 9.05. The molecule has 6 nitrogen and oxygen atoms in total. The van der Waals surface area contributed by atoms with Gasteiger partial charge in [-0.15, -0.1) is 37.2 Å². The molecule has 4 aromatic rings. The summed E-state index contributed by atoms with van der Waals surface area (Å²) in [6.45, 7) is 4.38. The Bertz CT molecular complexity index is 1460. The maximum Gasteiger partial charge on any atom is 0.129 e. The van der Waals surface area contributed by atoms with E-state index in [1.54, 1.807) is 6.20 Å². The Hall–Kier alpha value is -2.92. The van der Waals surface area contributed by atoms with Gasteiger partial charge in [0.05, 0.1) is 23.8 Å². The molecule has 6 rings (SSSR count). The van der Waals surface area contributed by atoms with E-state index >= 15 is 0 Å². The van der Waals surface area contributed by atoms with Crippen molar-refractivity contribution in [3.05, 3.63) is 100 Å². The number of anilines is 2. The quantitative estimate of drug-likeness (QED) is 0.279. The van der Waals surface area contributed by atoms with Crippen LogP contribution in [-0.2, 0) is 0 Å². The molecule has 38 heavy (non-hydrogen) atoms. The van der Waals surface area contributed by atoms with E-state index in [2.05, 4.69) is 73.8 Å². The topological polar surface area (TPSA) is 71.0 Å². The number of nitriles is 1. The molecule has 1 aromatic heterocycles. The summed E-state index contributed by atoms with van der Waals surface area (Å²) >= 11 is 6.57. The van der Waals surface area contributed by atoms with Crippen molar-refractivity contribution in [3.63, 3.8) is 0 Å². The lowest BCUT2D eigenvalue weighted by Crippen LogP contribution is -2.47. The SMILES string of the molecule is Cl.Cl.Cl.N#CC1=C(CN2CCN(c3cccc4ccccc34)CC2)Nc2[nH]ncc2C1c1ccccc1Cl. The minimum absolute atomic E-state index is 0. The standard InChI is InChI=1S/C28H25ClN6.3ClH/c29-24-10-4-3-9-21(24)27-22(16-30)25(32-28-23(27)17-31-33-28)18-34-12-14-35(15-13-34)26-11-5-7-19-6-1-2-8-20(19)26;;;/h1-11,17,27H,12-15,18H2,(H2,31,32,33);3*1H. The number of benzene rings is 3. The van der Waals surface area contributed by atoms with E-state index in [9.17, 15) is 5.26 Å². The molecular formula is C28H28Cl4N6. The Morgan fingerprint density at radius 2 is 1.61 bits per heavy atom. The van der Waals surface area contributed by atoms with Gasteiger partial charge in [0.1, 0.15) is 5.82 Å². The van der Waals surface area contributed by atoms with E-state index in [-0.39, 0.29) is 43.1 Å². The van der Waals surface area contributed by atoms with Gasteiger partial charge in [0.2, 0.25) is 0 Å². The third-order valence-corrected chi connectivity index (χ3v) is 7.41. The van der Waals surface area contributed by atoms with Gasteiger partial charge in [-0.25, -0.2) is 0 Å². The van der Waals surface area contributed by atoms with Crippen LogP contribution in [-0.4, -0.2) is 47.8 Å². The van der Waals surface area contributed by atoms with E-state index in [0.29, 0.717) is 17.1 Å². The molecule has 0 amide bonds. The lowest BCUT2D eigenvalue weighted by molar-refractivity contribution is 0.278. The predicted octanol–water partition coefficient (Wildman–Crippen LogP) is 6.64. The van der Waals surface area contributed by atoms with Gasteiger partial charge in [0.25, 0.3) is 0 Å². The average Bonchev–Trinajstić information content (AvgIpc) is 3.37. The van der Waals surface area contributed by atoms with Crippen LogP contribution < -0.4 is 10.2 Å². The van der Waals surface area contributed by atoms with Crippen molar-refractivity contribution in [2.75, 3.05) is 42.9 Å². The smallest absolute Gasteiger partial charge is 0.129 e. The molecule has 0 spiro atoms. The zero-order valence-electron chi connectivity index (χ0n) is 20.4. The van der Waals surface area contributed by atoms with Gasteiger partial charge in [-0.2, -0.15) is 10.4 Å². The monoisotopic (exact) mass is 588 g/mol. The zero-order valence-corrected chi connectivity index (χ0v) is 23.6. The average molecular weight is 590 g/mol. The van der Waals surface area contributed by atoms with Crippen LogP contribution in [0.2, 0.25) is 5.02 Å². The van der Waals surface area contributed by atoms with E-state index in [4.69, 9.17) is 11.6 Å². The van der Waals surface area contributed by atoms with E-state index in [0.717, 1.165) is 48.8 Å². The number of rotatable bonds is 4. The van der Waals surface area contributed by atoms with Crippen LogP contribution in [0.25, 0.3) is 10.8 Å². The molecule has 0 bridgehead atoms. The minimum atomic E-state index is -0.240. The number of piperazine rings is 1. The highest BCUT2D eigenvalue weighted by Gasteiger charge is 2.33. The fraction of sp³-hybridized carbons (Fsp3) is 0.214. The molecule has 3 aromatic carbocycles. The molecule has 1 atom stereocenters. The zero-order chi connectivity index (χ0) is 23.8. The molecule has 10 heteroatoms. The van der Waals surface area contributed by atoms with Crippen molar-refractivity contribution in [1.29, 1.82) is 5.26 Å². The molecule has 0 aliphatic carbocycles. The summed E-state index contributed by atoms with van der Waals surface area (Å²) in [5.41, 5.74) is 4.76. The third kappa shape index (κ3) is 5.44. The minimum Gasteiger partial charge on any atom is -0.368 e. The first-order valence-electron chi connectivity index (χ1n) is 11.9. The van der Waals surface area contributed by atoms with Crippen LogP contribution >= 0.6 is 48.8 Å². The highest BCUT2D eigenvalue weighted by molar-refractivity contribution is 6.31. The highest BCUT2D eigenvalue weighted by Crippen LogP contribution is 2.43. The molecule has 1 unspecified atom stereocenters. The Balaban J connectivity index is 0.00000133. The molecule has 2 N–H and O–H groups in total. The maximum absolute atomic E-state index is 10.2. The number of H-pyrrole nitrogens is 1. The number of aromatic amines is 1. The molecule has 3 heterocycles. The Labute approximate surface area is 245 Å². The number of halogens is 4. The van der Waals surface area contributed by atoms with Gasteiger partial charge in [-0.05, 0) is 23.1 Å². The Morgan fingerprint density at radius 1 is 0.895 bits per heavy atom. The van der Waals surface area contributed by atoms with Crippen LogP contribution in [0.3, 0.4) is 0 Å². The summed E-state index contributed by atoms with van der Waals surface area (Å²) in [5.74, 6) is 0.592. The first kappa shape index (κ1) is 29.6. The lowest BCUT2D eigenvalue weighted by atomic mass is 9.83. The summed E-state index contributed by atoms with van der Waals surface area (Å²) < 4.78 is 0. The third-order valence-electron chi connectivity index (χ3n) is 7.07. The van der Waals surface area contributed by atoms with E-state index in [1.807, 2.05) is 24.3 Å². The fourth-order valence-corrected chi connectivity index (χ4v) is 5.55. The van der Waals surface area contributed by atoms with Gasteiger partial charge in [-0.3, -0.25) is 10.00 Å². The summed E-state index contributed by atoms with van der Waals surface area (Å²) in [6.07, 6.45) is 1.79. The van der Waals surface area contributed by atoms with Gasteiger partial charge in [-0.1, -0.05) is 66.2 Å². The number of fused-ring (bicyclic) bond motifs is 2. The van der Waals surface area contributed by atoms with E-state index < -0.39 is 0 Å². The summed E-state index contributed by atoms with van der Waals surface area (Å²) in [4.78, 5) is 4.87. The second kappa shape index (κ2) is 12.8. The number of allylic oxidation sites excluding steroid dienone is 1. The van der Waals surface area contributed by atoms with Crippen LogP contribution in [0.4, 0.5) is 11.5 Å². The van der Waals surface area contributed by atoms with Crippen LogP contribution in [0, 0.1) is 11.3 Å². The highest BCUT2D eigenvalue weighted by atomic mass is 35.5. The van der Waals surface area contributed by atoms with Crippen molar-refractivity contribution in [2.45, 2.75) is 5.92 Å². The number of hydrogen-bond donors (Lipinski definition) is 2. The Kier molecular flexibility index (Phi) is 9.94. The van der Waals surface area contributed by atoms with E-state index in [1.165, 1.54) is 16.5 Å². The normalized spacial score (nSPS) is 16.8. The molecule has 0 radical (unpaired) electrons. The van der Waals surface area contributed by atoms with Crippen molar-refractivity contribution in [2.24, 2.45) is 0 Å². The maximum atomic E-state index is 10.2.